The van der Waals surface area contributed by atoms with Crippen LogP contribution in [-0.2, 0) is 16.0 Å². The van der Waals surface area contributed by atoms with Crippen LogP contribution in [0.3, 0.4) is 0 Å². The first-order valence-corrected chi connectivity index (χ1v) is 4.74. The fraction of sp³-hybridized carbons (Fsp3) is 0.400. The molecule has 1 rings (SSSR count). The highest BCUT2D eigenvalue weighted by Crippen LogP contribution is 2.14. The van der Waals surface area contributed by atoms with E-state index in [2.05, 4.69) is 0 Å². The number of carbonyl (C=O) groups is 2. The zero-order valence-electron chi connectivity index (χ0n) is 8.50. The van der Waals surface area contributed by atoms with E-state index in [4.69, 9.17) is 20.4 Å². The van der Waals surface area contributed by atoms with Crippen LogP contribution in [0.1, 0.15) is 12.2 Å². The van der Waals surface area contributed by atoms with Crippen molar-refractivity contribution < 1.29 is 24.2 Å². The standard InChI is InChI=1S/C10H13NO5/c11-8(10(14)15)5-6(9(12)13)4-7-2-1-3-16-7/h1-3,6,8H,4-5,11H2,(H,12,13)(H,14,15)/t6-,8+/m1/s1. The zero-order chi connectivity index (χ0) is 12.1. The normalized spacial score (nSPS) is 14.3. The molecular formula is C10H13NO5. The van der Waals surface area contributed by atoms with Crippen LogP contribution in [0.25, 0.3) is 0 Å². The summed E-state index contributed by atoms with van der Waals surface area (Å²) >= 11 is 0. The van der Waals surface area contributed by atoms with E-state index in [1.807, 2.05) is 0 Å². The highest BCUT2D eigenvalue weighted by atomic mass is 16.4. The number of carboxylic acids is 2. The van der Waals surface area contributed by atoms with Gasteiger partial charge in [0.15, 0.2) is 0 Å². The van der Waals surface area contributed by atoms with Gasteiger partial charge in [0, 0.05) is 6.42 Å². The Labute approximate surface area is 91.7 Å². The number of hydrogen-bond donors (Lipinski definition) is 3. The summed E-state index contributed by atoms with van der Waals surface area (Å²) in [7, 11) is 0. The van der Waals surface area contributed by atoms with Gasteiger partial charge in [-0.15, -0.1) is 0 Å². The molecule has 1 aromatic rings. The number of hydrogen-bond acceptors (Lipinski definition) is 4. The number of rotatable bonds is 6. The number of furan rings is 1. The molecule has 88 valence electrons. The summed E-state index contributed by atoms with van der Waals surface area (Å²) in [5.41, 5.74) is 5.29. The SMILES string of the molecule is N[C@@H](C[C@@H](Cc1ccco1)C(=O)O)C(=O)O. The maximum atomic E-state index is 10.9. The predicted octanol–water partition coefficient (Wildman–Crippen LogP) is 0.325. The van der Waals surface area contributed by atoms with Crippen molar-refractivity contribution >= 4 is 11.9 Å². The maximum absolute atomic E-state index is 10.9. The van der Waals surface area contributed by atoms with E-state index in [1.54, 1.807) is 12.1 Å². The van der Waals surface area contributed by atoms with E-state index in [0.29, 0.717) is 5.76 Å². The van der Waals surface area contributed by atoms with Crippen LogP contribution in [0, 0.1) is 5.92 Å². The Kier molecular flexibility index (Phi) is 4.07. The third-order valence-corrected chi connectivity index (χ3v) is 2.23. The Hall–Kier alpha value is -1.82. The van der Waals surface area contributed by atoms with Crippen LogP contribution in [0.5, 0.6) is 0 Å². The molecule has 0 unspecified atom stereocenters. The van der Waals surface area contributed by atoms with Crippen molar-refractivity contribution in [3.63, 3.8) is 0 Å². The smallest absolute Gasteiger partial charge is 0.320 e. The second kappa shape index (κ2) is 5.32. The molecule has 4 N–H and O–H groups in total. The van der Waals surface area contributed by atoms with Gasteiger partial charge in [-0.3, -0.25) is 9.59 Å². The van der Waals surface area contributed by atoms with E-state index in [1.165, 1.54) is 6.26 Å². The molecular weight excluding hydrogens is 214 g/mol. The lowest BCUT2D eigenvalue weighted by molar-refractivity contribution is -0.143. The van der Waals surface area contributed by atoms with Gasteiger partial charge in [0.1, 0.15) is 11.8 Å². The van der Waals surface area contributed by atoms with Crippen molar-refractivity contribution in [3.8, 4) is 0 Å². The molecule has 16 heavy (non-hydrogen) atoms. The lowest BCUT2D eigenvalue weighted by Crippen LogP contribution is -2.35. The van der Waals surface area contributed by atoms with Gasteiger partial charge in [-0.2, -0.15) is 0 Å². The zero-order valence-corrected chi connectivity index (χ0v) is 8.50. The first-order chi connectivity index (χ1) is 7.50. The molecule has 0 aliphatic heterocycles. The molecule has 0 spiro atoms. The fourth-order valence-corrected chi connectivity index (χ4v) is 1.35. The third kappa shape index (κ3) is 3.39. The topological polar surface area (TPSA) is 114 Å². The summed E-state index contributed by atoms with van der Waals surface area (Å²) in [6.07, 6.45) is 1.46. The molecule has 0 amide bonds. The fourth-order valence-electron chi connectivity index (χ4n) is 1.35. The molecule has 1 heterocycles. The van der Waals surface area contributed by atoms with Crippen molar-refractivity contribution in [1.29, 1.82) is 0 Å². The first kappa shape index (κ1) is 12.3. The Bertz CT molecular complexity index is 359. The molecule has 0 radical (unpaired) electrons. The van der Waals surface area contributed by atoms with E-state index in [-0.39, 0.29) is 12.8 Å². The van der Waals surface area contributed by atoms with Gasteiger partial charge < -0.3 is 20.4 Å². The summed E-state index contributed by atoms with van der Waals surface area (Å²) in [4.78, 5) is 21.4. The molecule has 2 atom stereocenters. The largest absolute Gasteiger partial charge is 0.481 e. The number of carboxylic acid groups (broad SMARTS) is 2. The Morgan fingerprint density at radius 2 is 2.06 bits per heavy atom. The molecule has 0 aliphatic carbocycles. The van der Waals surface area contributed by atoms with Crippen LogP contribution in [0.15, 0.2) is 22.8 Å². The van der Waals surface area contributed by atoms with Crippen LogP contribution in [0.4, 0.5) is 0 Å². The molecule has 0 aromatic carbocycles. The van der Waals surface area contributed by atoms with Gasteiger partial charge in [0.2, 0.25) is 0 Å². The van der Waals surface area contributed by atoms with Crippen LogP contribution < -0.4 is 5.73 Å². The van der Waals surface area contributed by atoms with Crippen LogP contribution in [-0.4, -0.2) is 28.2 Å². The van der Waals surface area contributed by atoms with E-state index < -0.39 is 23.9 Å². The van der Waals surface area contributed by atoms with E-state index in [0.717, 1.165) is 0 Å². The van der Waals surface area contributed by atoms with Crippen molar-refractivity contribution in [1.82, 2.24) is 0 Å². The van der Waals surface area contributed by atoms with Crippen molar-refractivity contribution in [2.45, 2.75) is 18.9 Å². The lowest BCUT2D eigenvalue weighted by Gasteiger charge is -2.13. The molecule has 1 aromatic heterocycles. The van der Waals surface area contributed by atoms with Crippen LogP contribution in [0.2, 0.25) is 0 Å². The molecule has 0 saturated heterocycles. The van der Waals surface area contributed by atoms with Crippen LogP contribution >= 0.6 is 0 Å². The molecule has 6 heteroatoms. The quantitative estimate of drug-likeness (QED) is 0.645. The van der Waals surface area contributed by atoms with Gasteiger partial charge in [-0.1, -0.05) is 0 Å². The molecule has 0 aliphatic rings. The summed E-state index contributed by atoms with van der Waals surface area (Å²) in [5, 5.41) is 17.5. The second-order valence-corrected chi connectivity index (χ2v) is 3.50. The van der Waals surface area contributed by atoms with Crippen molar-refractivity contribution in [3.05, 3.63) is 24.2 Å². The van der Waals surface area contributed by atoms with Crippen molar-refractivity contribution in [2.24, 2.45) is 11.7 Å². The average molecular weight is 227 g/mol. The second-order valence-electron chi connectivity index (χ2n) is 3.50. The monoisotopic (exact) mass is 227 g/mol. The van der Waals surface area contributed by atoms with Crippen molar-refractivity contribution in [2.75, 3.05) is 0 Å². The summed E-state index contributed by atoms with van der Waals surface area (Å²) in [5.74, 6) is -2.62. The average Bonchev–Trinajstić information content (AvgIpc) is 2.68. The van der Waals surface area contributed by atoms with Gasteiger partial charge >= 0.3 is 11.9 Å². The van der Waals surface area contributed by atoms with E-state index in [9.17, 15) is 9.59 Å². The van der Waals surface area contributed by atoms with Gasteiger partial charge in [0.25, 0.3) is 0 Å². The number of aliphatic carboxylic acids is 2. The maximum Gasteiger partial charge on any atom is 0.320 e. The lowest BCUT2D eigenvalue weighted by atomic mass is 9.96. The minimum absolute atomic E-state index is 0.120. The predicted molar refractivity (Wildman–Crippen MR) is 53.8 cm³/mol. The third-order valence-electron chi connectivity index (χ3n) is 2.23. The van der Waals surface area contributed by atoms with Gasteiger partial charge in [-0.05, 0) is 18.6 Å². The highest BCUT2D eigenvalue weighted by molar-refractivity contribution is 5.75. The van der Waals surface area contributed by atoms with Gasteiger partial charge in [0.05, 0.1) is 12.2 Å². The summed E-state index contributed by atoms with van der Waals surface area (Å²) in [6, 6.07) is 2.12. The Morgan fingerprint density at radius 3 is 2.50 bits per heavy atom. The minimum atomic E-state index is -1.20. The molecule has 6 nitrogen and oxygen atoms in total. The molecule has 0 fully saturated rings. The Balaban J connectivity index is 2.61. The summed E-state index contributed by atoms with van der Waals surface area (Å²) < 4.78 is 5.00. The highest BCUT2D eigenvalue weighted by Gasteiger charge is 2.25. The van der Waals surface area contributed by atoms with Gasteiger partial charge in [-0.25, -0.2) is 0 Å². The minimum Gasteiger partial charge on any atom is -0.481 e. The first-order valence-electron chi connectivity index (χ1n) is 4.74. The van der Waals surface area contributed by atoms with E-state index >= 15 is 0 Å². The molecule has 0 bridgehead atoms. The Morgan fingerprint density at radius 1 is 1.38 bits per heavy atom. The summed E-state index contributed by atoms with van der Waals surface area (Å²) in [6.45, 7) is 0. The molecule has 0 saturated carbocycles. The number of nitrogens with two attached hydrogens (primary N) is 1.